The molecule has 1 heterocycles. The molecule has 0 aromatic heterocycles. The maximum absolute atomic E-state index is 12.7. The van der Waals surface area contributed by atoms with Crippen LogP contribution in [0.3, 0.4) is 0 Å². The smallest absolute Gasteiger partial charge is 0.329 e. The number of para-hydroxylation sites is 1. The molecule has 0 spiro atoms. The van der Waals surface area contributed by atoms with Gasteiger partial charge in [0, 0.05) is 12.6 Å². The first-order valence-corrected chi connectivity index (χ1v) is 9.41. The van der Waals surface area contributed by atoms with E-state index in [0.717, 1.165) is 0 Å². The van der Waals surface area contributed by atoms with Crippen molar-refractivity contribution in [3.05, 3.63) is 54.3 Å². The number of carbonyl (C=O) groups is 3. The van der Waals surface area contributed by atoms with E-state index in [-0.39, 0.29) is 17.7 Å². The molecule has 0 saturated heterocycles. The van der Waals surface area contributed by atoms with Crippen molar-refractivity contribution < 1.29 is 29.3 Å². The number of aliphatic hydroxyl groups is 1. The number of carbonyl (C=O) groups excluding carboxylic acids is 3. The summed E-state index contributed by atoms with van der Waals surface area (Å²) in [6.45, 7) is 1.73. The standard InChI is InChI=1S/C21H26N2O6/c1-14(8-3-2-4-12-18(25)19(22)26)29-21(28)16-10-7-13-23(16)20(27)15-9-5-6-11-17(15)24/h2-3,5-7,9,11,13-14,16,18,24-25H,4,8,10,12H2,1H3,(H2,22,26)/b3-2+/t14-,16+,18-/m1/s1. The molecule has 4 N–H and O–H groups in total. The summed E-state index contributed by atoms with van der Waals surface area (Å²) in [7, 11) is 0. The Labute approximate surface area is 169 Å². The van der Waals surface area contributed by atoms with Crippen molar-refractivity contribution in [1.29, 1.82) is 0 Å². The normalized spacial score (nSPS) is 18.0. The highest BCUT2D eigenvalue weighted by molar-refractivity contribution is 6.00. The second-order valence-electron chi connectivity index (χ2n) is 6.82. The third-order valence-electron chi connectivity index (χ3n) is 4.49. The Morgan fingerprint density at radius 3 is 2.72 bits per heavy atom. The van der Waals surface area contributed by atoms with E-state index >= 15 is 0 Å². The number of allylic oxidation sites excluding steroid dienone is 1. The number of aromatic hydroxyl groups is 1. The van der Waals surface area contributed by atoms with E-state index in [1.54, 1.807) is 37.3 Å². The average Bonchev–Trinajstić information content (AvgIpc) is 3.17. The SMILES string of the molecule is C[C@H](C/C=C/CC[C@@H](O)C(N)=O)OC(=O)[C@@H]1CC=CN1C(=O)c1ccccc1O. The van der Waals surface area contributed by atoms with Crippen LogP contribution in [0.25, 0.3) is 0 Å². The lowest BCUT2D eigenvalue weighted by molar-refractivity contribution is -0.152. The first-order valence-electron chi connectivity index (χ1n) is 9.41. The van der Waals surface area contributed by atoms with E-state index in [1.807, 2.05) is 0 Å². The lowest BCUT2D eigenvalue weighted by atomic mass is 10.1. The largest absolute Gasteiger partial charge is 0.507 e. The van der Waals surface area contributed by atoms with Crippen LogP contribution in [0, 0.1) is 0 Å². The van der Waals surface area contributed by atoms with Crippen molar-refractivity contribution in [2.24, 2.45) is 5.73 Å². The van der Waals surface area contributed by atoms with Crippen LogP contribution >= 0.6 is 0 Å². The average molecular weight is 402 g/mol. The van der Waals surface area contributed by atoms with E-state index in [4.69, 9.17) is 10.5 Å². The summed E-state index contributed by atoms with van der Waals surface area (Å²) in [6.07, 6.45) is 6.72. The van der Waals surface area contributed by atoms with Gasteiger partial charge in [-0.15, -0.1) is 0 Å². The molecule has 2 amide bonds. The Bertz CT molecular complexity index is 804. The summed E-state index contributed by atoms with van der Waals surface area (Å²) in [5, 5.41) is 19.2. The van der Waals surface area contributed by atoms with Crippen LogP contribution in [0.2, 0.25) is 0 Å². The van der Waals surface area contributed by atoms with Gasteiger partial charge in [-0.1, -0.05) is 30.4 Å². The summed E-state index contributed by atoms with van der Waals surface area (Å²) in [4.78, 5) is 37.2. The first kappa shape index (κ1) is 22.2. The molecule has 29 heavy (non-hydrogen) atoms. The van der Waals surface area contributed by atoms with E-state index in [2.05, 4.69) is 0 Å². The van der Waals surface area contributed by atoms with Crippen LogP contribution < -0.4 is 5.73 Å². The second-order valence-corrected chi connectivity index (χ2v) is 6.82. The zero-order valence-corrected chi connectivity index (χ0v) is 16.2. The third kappa shape index (κ3) is 6.18. The van der Waals surface area contributed by atoms with Crippen LogP contribution in [-0.2, 0) is 14.3 Å². The molecule has 1 aromatic carbocycles. The maximum Gasteiger partial charge on any atom is 0.329 e. The van der Waals surface area contributed by atoms with E-state index in [0.29, 0.717) is 19.3 Å². The molecule has 1 aliphatic rings. The Morgan fingerprint density at radius 2 is 2.03 bits per heavy atom. The Hall–Kier alpha value is -3.13. The van der Waals surface area contributed by atoms with Gasteiger partial charge in [0.05, 0.1) is 5.56 Å². The predicted octanol–water partition coefficient (Wildman–Crippen LogP) is 1.62. The quantitative estimate of drug-likeness (QED) is 0.425. The second kappa shape index (κ2) is 10.4. The van der Waals surface area contributed by atoms with Crippen molar-refractivity contribution in [2.45, 2.75) is 50.9 Å². The monoisotopic (exact) mass is 402 g/mol. The molecule has 8 heteroatoms. The molecule has 1 aliphatic heterocycles. The van der Waals surface area contributed by atoms with Gasteiger partial charge in [0.2, 0.25) is 5.91 Å². The molecular weight excluding hydrogens is 376 g/mol. The van der Waals surface area contributed by atoms with E-state index in [9.17, 15) is 24.6 Å². The number of rotatable bonds is 9. The molecule has 0 saturated carbocycles. The van der Waals surface area contributed by atoms with Crippen LogP contribution in [-0.4, -0.2) is 51.1 Å². The zero-order chi connectivity index (χ0) is 21.4. The summed E-state index contributed by atoms with van der Waals surface area (Å²) in [5.41, 5.74) is 5.09. The van der Waals surface area contributed by atoms with Gasteiger partial charge >= 0.3 is 5.97 Å². The Kier molecular flexibility index (Phi) is 7.97. The molecular formula is C21H26N2O6. The molecule has 8 nitrogen and oxygen atoms in total. The summed E-state index contributed by atoms with van der Waals surface area (Å²) >= 11 is 0. The highest BCUT2D eigenvalue weighted by Crippen LogP contribution is 2.24. The van der Waals surface area contributed by atoms with Gasteiger partial charge < -0.3 is 25.6 Å². The van der Waals surface area contributed by atoms with Crippen LogP contribution in [0.15, 0.2) is 48.7 Å². The van der Waals surface area contributed by atoms with Crippen molar-refractivity contribution in [1.82, 2.24) is 4.90 Å². The number of amides is 2. The molecule has 1 aromatic rings. The van der Waals surface area contributed by atoms with Crippen LogP contribution in [0.4, 0.5) is 0 Å². The van der Waals surface area contributed by atoms with Crippen molar-refractivity contribution in [2.75, 3.05) is 0 Å². The summed E-state index contributed by atoms with van der Waals surface area (Å²) in [6, 6.07) is 5.38. The van der Waals surface area contributed by atoms with Gasteiger partial charge in [0.15, 0.2) is 0 Å². The molecule has 2 rings (SSSR count). The molecule has 3 atom stereocenters. The number of nitrogens with zero attached hydrogens (tertiary/aromatic N) is 1. The number of primary amides is 1. The minimum Gasteiger partial charge on any atom is -0.507 e. The lowest BCUT2D eigenvalue weighted by Crippen LogP contribution is -2.40. The fourth-order valence-electron chi connectivity index (χ4n) is 2.86. The topological polar surface area (TPSA) is 130 Å². The third-order valence-corrected chi connectivity index (χ3v) is 4.49. The molecule has 0 aliphatic carbocycles. The van der Waals surface area contributed by atoms with Gasteiger partial charge in [0.1, 0.15) is 24.0 Å². The van der Waals surface area contributed by atoms with E-state index < -0.39 is 36.0 Å². The van der Waals surface area contributed by atoms with E-state index in [1.165, 1.54) is 23.2 Å². The highest BCUT2D eigenvalue weighted by Gasteiger charge is 2.34. The highest BCUT2D eigenvalue weighted by atomic mass is 16.5. The maximum atomic E-state index is 12.7. The van der Waals surface area contributed by atoms with Crippen molar-refractivity contribution in [3.8, 4) is 5.75 Å². The molecule has 0 unspecified atom stereocenters. The molecule has 156 valence electrons. The minimum atomic E-state index is -1.17. The van der Waals surface area contributed by atoms with Gasteiger partial charge in [-0.25, -0.2) is 4.79 Å². The summed E-state index contributed by atoms with van der Waals surface area (Å²) < 4.78 is 5.44. The zero-order valence-electron chi connectivity index (χ0n) is 16.2. The number of hydrogen-bond acceptors (Lipinski definition) is 6. The number of ether oxygens (including phenoxy) is 1. The van der Waals surface area contributed by atoms with Crippen molar-refractivity contribution >= 4 is 17.8 Å². The van der Waals surface area contributed by atoms with Crippen molar-refractivity contribution in [3.63, 3.8) is 0 Å². The number of hydrogen-bond donors (Lipinski definition) is 3. The number of benzene rings is 1. The number of phenolic OH excluding ortho intramolecular Hbond substituents is 1. The molecule has 0 bridgehead atoms. The van der Waals surface area contributed by atoms with Crippen LogP contribution in [0.1, 0.15) is 43.0 Å². The molecule has 0 fully saturated rings. The fraction of sp³-hybridized carbons (Fsp3) is 0.381. The first-order chi connectivity index (χ1) is 13.8. The number of phenols is 1. The predicted molar refractivity (Wildman–Crippen MR) is 106 cm³/mol. The Balaban J connectivity index is 1.85. The molecule has 0 radical (unpaired) electrons. The Morgan fingerprint density at radius 1 is 1.31 bits per heavy atom. The van der Waals surface area contributed by atoms with Crippen LogP contribution in [0.5, 0.6) is 5.75 Å². The van der Waals surface area contributed by atoms with Gasteiger partial charge in [-0.2, -0.15) is 0 Å². The van der Waals surface area contributed by atoms with Gasteiger partial charge in [-0.3, -0.25) is 9.59 Å². The number of aliphatic hydroxyl groups excluding tert-OH is 1. The van der Waals surface area contributed by atoms with Gasteiger partial charge in [-0.05, 0) is 38.3 Å². The minimum absolute atomic E-state index is 0.117. The number of nitrogens with two attached hydrogens (primary N) is 1. The fourth-order valence-corrected chi connectivity index (χ4v) is 2.86. The summed E-state index contributed by atoms with van der Waals surface area (Å²) in [5.74, 6) is -1.90. The van der Waals surface area contributed by atoms with Gasteiger partial charge in [0.25, 0.3) is 5.91 Å². The lowest BCUT2D eigenvalue weighted by Gasteiger charge is -2.24. The number of esters is 1.